The third-order valence-electron chi connectivity index (χ3n) is 2.62. The summed E-state index contributed by atoms with van der Waals surface area (Å²) in [6.07, 6.45) is 1.68. The van der Waals surface area contributed by atoms with Crippen LogP contribution >= 0.6 is 11.8 Å². The van der Waals surface area contributed by atoms with Gasteiger partial charge in [0.1, 0.15) is 5.82 Å². The van der Waals surface area contributed by atoms with Gasteiger partial charge in [-0.3, -0.25) is 0 Å². The molecule has 1 unspecified atom stereocenters. The first-order chi connectivity index (χ1) is 8.04. The Labute approximate surface area is 108 Å². The van der Waals surface area contributed by atoms with Gasteiger partial charge in [0, 0.05) is 16.7 Å². The van der Waals surface area contributed by atoms with Crippen molar-refractivity contribution in [1.29, 1.82) is 0 Å². The molecule has 3 heteroatoms. The fraction of sp³-hybridized carbons (Fsp3) is 0.571. The highest BCUT2D eigenvalue weighted by Crippen LogP contribution is 2.28. The second kappa shape index (κ2) is 7.02. The van der Waals surface area contributed by atoms with Crippen LogP contribution < -0.4 is 5.73 Å². The summed E-state index contributed by atoms with van der Waals surface area (Å²) in [6, 6.07) is 5.41. The van der Waals surface area contributed by atoms with Crippen LogP contribution in [0.5, 0.6) is 0 Å². The number of hydrogen-bond donors (Lipinski definition) is 1. The molecule has 1 atom stereocenters. The first-order valence-corrected chi connectivity index (χ1v) is 7.18. The first-order valence-electron chi connectivity index (χ1n) is 6.20. The number of halogens is 1. The number of benzene rings is 1. The molecule has 1 aromatic rings. The molecule has 1 rings (SSSR count). The number of thioether (sulfide) groups is 1. The van der Waals surface area contributed by atoms with Crippen LogP contribution in [-0.2, 0) is 6.42 Å². The number of nitrogens with two attached hydrogens (primary N) is 1. The summed E-state index contributed by atoms with van der Waals surface area (Å²) < 4.78 is 13.8. The summed E-state index contributed by atoms with van der Waals surface area (Å²) >= 11 is 1.60. The molecular weight excluding hydrogens is 233 g/mol. The summed E-state index contributed by atoms with van der Waals surface area (Å²) in [4.78, 5) is 0.783. The van der Waals surface area contributed by atoms with Gasteiger partial charge in [0.05, 0.1) is 0 Å². The van der Waals surface area contributed by atoms with Crippen molar-refractivity contribution in [3.63, 3.8) is 0 Å². The van der Waals surface area contributed by atoms with Crippen molar-refractivity contribution >= 4 is 11.8 Å². The van der Waals surface area contributed by atoms with Crippen molar-refractivity contribution in [2.45, 2.75) is 44.6 Å². The Morgan fingerprint density at radius 1 is 1.35 bits per heavy atom. The van der Waals surface area contributed by atoms with E-state index in [-0.39, 0.29) is 11.9 Å². The van der Waals surface area contributed by atoms with Crippen molar-refractivity contribution in [3.05, 3.63) is 29.6 Å². The highest BCUT2D eigenvalue weighted by atomic mass is 32.2. The van der Waals surface area contributed by atoms with E-state index in [2.05, 4.69) is 20.8 Å². The molecule has 0 aromatic heterocycles. The normalized spacial score (nSPS) is 13.1. The molecule has 1 aromatic carbocycles. The van der Waals surface area contributed by atoms with Crippen molar-refractivity contribution < 1.29 is 4.39 Å². The van der Waals surface area contributed by atoms with Crippen LogP contribution in [0.3, 0.4) is 0 Å². The standard InChI is InChI=1S/C14H22FNS/c1-4-12(16)8-11-6-5-7-13(15)14(11)17-9-10(2)3/h5-7,10,12H,4,8-9,16H2,1-3H3. The fourth-order valence-electron chi connectivity index (χ4n) is 1.55. The second-order valence-electron chi connectivity index (χ2n) is 4.81. The summed E-state index contributed by atoms with van der Waals surface area (Å²) in [5.41, 5.74) is 6.99. The van der Waals surface area contributed by atoms with Gasteiger partial charge in [-0.25, -0.2) is 4.39 Å². The van der Waals surface area contributed by atoms with Gasteiger partial charge in [-0.15, -0.1) is 11.8 Å². The molecule has 0 aliphatic carbocycles. The lowest BCUT2D eigenvalue weighted by Gasteiger charge is -2.14. The van der Waals surface area contributed by atoms with Crippen molar-refractivity contribution in [2.75, 3.05) is 5.75 Å². The maximum Gasteiger partial charge on any atom is 0.137 e. The highest BCUT2D eigenvalue weighted by Gasteiger charge is 2.12. The Morgan fingerprint density at radius 2 is 2.06 bits per heavy atom. The third kappa shape index (κ3) is 4.68. The molecule has 0 fully saturated rings. The van der Waals surface area contributed by atoms with E-state index in [1.54, 1.807) is 17.8 Å². The average molecular weight is 255 g/mol. The van der Waals surface area contributed by atoms with Crippen molar-refractivity contribution in [1.82, 2.24) is 0 Å². The molecule has 0 aliphatic rings. The lowest BCUT2D eigenvalue weighted by atomic mass is 10.0. The first kappa shape index (κ1) is 14.5. The Balaban J connectivity index is 2.84. The summed E-state index contributed by atoms with van der Waals surface area (Å²) in [5, 5.41) is 0. The van der Waals surface area contributed by atoms with Gasteiger partial charge in [-0.1, -0.05) is 32.9 Å². The maximum absolute atomic E-state index is 13.8. The maximum atomic E-state index is 13.8. The molecule has 2 N–H and O–H groups in total. The van der Waals surface area contributed by atoms with Gasteiger partial charge in [-0.05, 0) is 30.4 Å². The van der Waals surface area contributed by atoms with Gasteiger partial charge in [0.2, 0.25) is 0 Å². The topological polar surface area (TPSA) is 26.0 Å². The number of hydrogen-bond acceptors (Lipinski definition) is 2. The highest BCUT2D eigenvalue weighted by molar-refractivity contribution is 7.99. The van der Waals surface area contributed by atoms with E-state index in [4.69, 9.17) is 5.73 Å². The van der Waals surface area contributed by atoms with Crippen LogP contribution in [-0.4, -0.2) is 11.8 Å². The van der Waals surface area contributed by atoms with Crippen molar-refractivity contribution in [3.8, 4) is 0 Å². The minimum absolute atomic E-state index is 0.114. The largest absolute Gasteiger partial charge is 0.327 e. The molecule has 0 amide bonds. The summed E-state index contributed by atoms with van der Waals surface area (Å²) in [5.74, 6) is 1.39. The molecule has 0 saturated heterocycles. The zero-order chi connectivity index (χ0) is 12.8. The van der Waals surface area contributed by atoms with E-state index in [1.807, 2.05) is 6.07 Å². The van der Waals surface area contributed by atoms with E-state index in [9.17, 15) is 4.39 Å². The Kier molecular flexibility index (Phi) is 6.00. The van der Waals surface area contributed by atoms with Gasteiger partial charge in [0.15, 0.2) is 0 Å². The van der Waals surface area contributed by atoms with E-state index < -0.39 is 0 Å². The molecule has 0 saturated carbocycles. The second-order valence-corrected chi connectivity index (χ2v) is 5.84. The van der Waals surface area contributed by atoms with E-state index in [1.165, 1.54) is 6.07 Å². The van der Waals surface area contributed by atoms with Crippen LogP contribution in [0.25, 0.3) is 0 Å². The summed E-state index contributed by atoms with van der Waals surface area (Å²) in [6.45, 7) is 6.35. The zero-order valence-electron chi connectivity index (χ0n) is 10.9. The SMILES string of the molecule is CCC(N)Cc1cccc(F)c1SCC(C)C. The van der Waals surface area contributed by atoms with Crippen LogP contribution in [0.15, 0.2) is 23.1 Å². The number of rotatable bonds is 6. The average Bonchev–Trinajstić information content (AvgIpc) is 2.27. The molecular formula is C14H22FNS. The predicted octanol–water partition coefficient (Wildman–Crippen LogP) is 3.85. The van der Waals surface area contributed by atoms with Crippen LogP contribution in [0.2, 0.25) is 0 Å². The third-order valence-corrected chi connectivity index (χ3v) is 4.20. The molecule has 1 nitrogen and oxygen atoms in total. The minimum atomic E-state index is -0.114. The zero-order valence-corrected chi connectivity index (χ0v) is 11.7. The van der Waals surface area contributed by atoms with E-state index in [0.717, 1.165) is 29.1 Å². The fourth-order valence-corrected chi connectivity index (χ4v) is 2.60. The van der Waals surface area contributed by atoms with E-state index in [0.29, 0.717) is 5.92 Å². The van der Waals surface area contributed by atoms with Crippen LogP contribution in [0.1, 0.15) is 32.8 Å². The smallest absolute Gasteiger partial charge is 0.137 e. The Hall–Kier alpha value is -0.540. The Bertz CT molecular complexity index is 352. The summed E-state index contributed by atoms with van der Waals surface area (Å²) in [7, 11) is 0. The minimum Gasteiger partial charge on any atom is -0.327 e. The lowest BCUT2D eigenvalue weighted by molar-refractivity contribution is 0.584. The quantitative estimate of drug-likeness (QED) is 0.781. The lowest BCUT2D eigenvalue weighted by Crippen LogP contribution is -2.21. The molecule has 0 heterocycles. The van der Waals surface area contributed by atoms with Crippen molar-refractivity contribution in [2.24, 2.45) is 11.7 Å². The van der Waals surface area contributed by atoms with Gasteiger partial charge in [0.25, 0.3) is 0 Å². The molecule has 0 radical (unpaired) electrons. The molecule has 96 valence electrons. The molecule has 0 bridgehead atoms. The molecule has 0 aliphatic heterocycles. The van der Waals surface area contributed by atoms with E-state index >= 15 is 0 Å². The van der Waals surface area contributed by atoms with Crippen LogP contribution in [0, 0.1) is 11.7 Å². The van der Waals surface area contributed by atoms with Gasteiger partial charge < -0.3 is 5.73 Å². The Morgan fingerprint density at radius 3 is 2.65 bits per heavy atom. The van der Waals surface area contributed by atoms with Gasteiger partial charge >= 0.3 is 0 Å². The molecule has 17 heavy (non-hydrogen) atoms. The predicted molar refractivity (Wildman–Crippen MR) is 73.9 cm³/mol. The van der Waals surface area contributed by atoms with Crippen LogP contribution in [0.4, 0.5) is 4.39 Å². The monoisotopic (exact) mass is 255 g/mol. The molecule has 0 spiro atoms. The van der Waals surface area contributed by atoms with Gasteiger partial charge in [-0.2, -0.15) is 0 Å².